The molecule has 1 heterocycles. The third-order valence-corrected chi connectivity index (χ3v) is 5.10. The van der Waals surface area contributed by atoms with Gasteiger partial charge in [0, 0.05) is 30.1 Å². The largest absolute Gasteiger partial charge is 0.494 e. The van der Waals surface area contributed by atoms with Crippen molar-refractivity contribution in [3.8, 4) is 5.75 Å². The fourth-order valence-electron chi connectivity index (χ4n) is 3.47. The second-order valence-corrected chi connectivity index (χ2v) is 7.03. The van der Waals surface area contributed by atoms with E-state index >= 15 is 0 Å². The number of hydrogen-bond donors (Lipinski definition) is 1. The minimum absolute atomic E-state index is 0.0522. The van der Waals surface area contributed by atoms with Crippen LogP contribution in [-0.2, 0) is 4.79 Å². The van der Waals surface area contributed by atoms with E-state index in [0.717, 1.165) is 5.56 Å². The van der Waals surface area contributed by atoms with Crippen LogP contribution in [0.5, 0.6) is 5.75 Å². The molecular formula is C23H26N2O4. The number of piperidine rings is 1. The normalized spacial score (nSPS) is 14.3. The fraction of sp³-hybridized carbons (Fsp3) is 0.348. The van der Waals surface area contributed by atoms with Gasteiger partial charge in [-0.25, -0.2) is 0 Å². The highest BCUT2D eigenvalue weighted by molar-refractivity contribution is 5.98. The van der Waals surface area contributed by atoms with Crippen LogP contribution in [0.2, 0.25) is 0 Å². The lowest BCUT2D eigenvalue weighted by Crippen LogP contribution is -2.45. The first kappa shape index (κ1) is 20.6. The zero-order chi connectivity index (χ0) is 20.6. The van der Waals surface area contributed by atoms with Crippen molar-refractivity contribution in [2.45, 2.75) is 19.8 Å². The summed E-state index contributed by atoms with van der Waals surface area (Å²) in [5.41, 5.74) is 1.20. The highest BCUT2D eigenvalue weighted by Crippen LogP contribution is 2.21. The average molecular weight is 394 g/mol. The minimum Gasteiger partial charge on any atom is -0.494 e. The molecule has 0 atom stereocenters. The van der Waals surface area contributed by atoms with Crippen LogP contribution in [0.25, 0.3) is 0 Å². The monoisotopic (exact) mass is 394 g/mol. The summed E-state index contributed by atoms with van der Waals surface area (Å²) in [5.74, 6) is 0.361. The summed E-state index contributed by atoms with van der Waals surface area (Å²) in [7, 11) is 0. The van der Waals surface area contributed by atoms with Crippen molar-refractivity contribution in [3.05, 3.63) is 65.7 Å². The zero-order valence-electron chi connectivity index (χ0n) is 16.6. The van der Waals surface area contributed by atoms with Crippen LogP contribution in [0.15, 0.2) is 54.6 Å². The zero-order valence-corrected chi connectivity index (χ0v) is 16.6. The minimum atomic E-state index is -0.296. The average Bonchev–Trinajstić information content (AvgIpc) is 2.78. The Labute approximate surface area is 170 Å². The van der Waals surface area contributed by atoms with Crippen molar-refractivity contribution in [3.63, 3.8) is 0 Å². The molecule has 6 nitrogen and oxygen atoms in total. The Morgan fingerprint density at radius 1 is 0.966 bits per heavy atom. The first-order chi connectivity index (χ1) is 14.1. The molecule has 2 amide bonds. The van der Waals surface area contributed by atoms with E-state index in [9.17, 15) is 14.4 Å². The number of benzene rings is 2. The smallest absolute Gasteiger partial charge is 0.251 e. The maximum atomic E-state index is 12.5. The van der Waals surface area contributed by atoms with E-state index in [4.69, 9.17) is 4.74 Å². The van der Waals surface area contributed by atoms with Crippen molar-refractivity contribution < 1.29 is 19.1 Å². The molecule has 0 aromatic heterocycles. The Kier molecular flexibility index (Phi) is 7.00. The molecule has 1 saturated heterocycles. The molecule has 29 heavy (non-hydrogen) atoms. The summed E-state index contributed by atoms with van der Waals surface area (Å²) in [5, 5.41) is 2.67. The number of carbonyl (C=O) groups excluding carboxylic acids is 3. The van der Waals surface area contributed by atoms with Crippen LogP contribution in [0.1, 0.15) is 40.5 Å². The molecule has 0 aliphatic carbocycles. The van der Waals surface area contributed by atoms with Crippen LogP contribution in [0.3, 0.4) is 0 Å². The summed E-state index contributed by atoms with van der Waals surface area (Å²) in [6, 6.07) is 16.1. The van der Waals surface area contributed by atoms with Crippen molar-refractivity contribution in [2.24, 2.45) is 5.92 Å². The number of nitrogens with one attached hydrogen (secondary N) is 1. The summed E-state index contributed by atoms with van der Waals surface area (Å²) in [6.07, 6.45) is 1.29. The summed E-state index contributed by atoms with van der Waals surface area (Å²) in [6.45, 7) is 3.46. The molecule has 2 aromatic rings. The van der Waals surface area contributed by atoms with Crippen molar-refractivity contribution >= 4 is 17.6 Å². The van der Waals surface area contributed by atoms with Crippen LogP contribution < -0.4 is 10.1 Å². The number of carbonyl (C=O) groups is 3. The topological polar surface area (TPSA) is 75.7 Å². The second-order valence-electron chi connectivity index (χ2n) is 7.03. The molecule has 3 rings (SSSR count). The Morgan fingerprint density at radius 2 is 1.62 bits per heavy atom. The molecule has 2 aromatic carbocycles. The van der Waals surface area contributed by atoms with Gasteiger partial charge in [-0.1, -0.05) is 30.3 Å². The van der Waals surface area contributed by atoms with E-state index < -0.39 is 0 Å². The fourth-order valence-corrected chi connectivity index (χ4v) is 3.47. The predicted octanol–water partition coefficient (Wildman–Crippen LogP) is 2.94. The van der Waals surface area contributed by atoms with Gasteiger partial charge in [0.25, 0.3) is 5.91 Å². The van der Waals surface area contributed by atoms with Crippen molar-refractivity contribution in [1.29, 1.82) is 0 Å². The van der Waals surface area contributed by atoms with Gasteiger partial charge in [-0.2, -0.15) is 0 Å². The lowest BCUT2D eigenvalue weighted by molar-refractivity contribution is -0.131. The van der Waals surface area contributed by atoms with Crippen LogP contribution >= 0.6 is 0 Å². The summed E-state index contributed by atoms with van der Waals surface area (Å²) >= 11 is 0. The van der Waals surface area contributed by atoms with Crippen LogP contribution in [-0.4, -0.2) is 48.7 Å². The highest BCUT2D eigenvalue weighted by Gasteiger charge is 2.27. The molecule has 1 fully saturated rings. The molecule has 6 heteroatoms. The van der Waals surface area contributed by atoms with Gasteiger partial charge in [-0.05, 0) is 44.0 Å². The van der Waals surface area contributed by atoms with Gasteiger partial charge in [-0.3, -0.25) is 14.4 Å². The highest BCUT2D eigenvalue weighted by atomic mass is 16.5. The van der Waals surface area contributed by atoms with E-state index in [0.29, 0.717) is 43.9 Å². The SMILES string of the molecule is CCOc1ccc(C(=O)NCC(=O)N2CCC(C(=O)c3ccccc3)CC2)cc1. The number of Topliss-reactive ketones (excluding diaryl/α,β-unsaturated/α-hetero) is 1. The number of hydrogen-bond acceptors (Lipinski definition) is 4. The van der Waals surface area contributed by atoms with E-state index in [1.807, 2.05) is 37.3 Å². The van der Waals surface area contributed by atoms with Gasteiger partial charge in [0.15, 0.2) is 5.78 Å². The molecule has 1 aliphatic heterocycles. The number of rotatable bonds is 7. The molecule has 0 saturated carbocycles. The third kappa shape index (κ3) is 5.44. The summed E-state index contributed by atoms with van der Waals surface area (Å²) in [4.78, 5) is 38.9. The standard InChI is InChI=1S/C23H26N2O4/c1-2-29-20-10-8-19(9-11-20)23(28)24-16-21(26)25-14-12-18(13-15-25)22(27)17-6-4-3-5-7-17/h3-11,18H,2,12-16H2,1H3,(H,24,28). The van der Waals surface area contributed by atoms with Crippen molar-refractivity contribution in [1.82, 2.24) is 10.2 Å². The van der Waals surface area contributed by atoms with Gasteiger partial charge in [-0.15, -0.1) is 0 Å². The molecule has 1 N–H and O–H groups in total. The van der Waals surface area contributed by atoms with Gasteiger partial charge in [0.1, 0.15) is 5.75 Å². The first-order valence-corrected chi connectivity index (χ1v) is 9.96. The van der Waals surface area contributed by atoms with Crippen molar-refractivity contribution in [2.75, 3.05) is 26.2 Å². The van der Waals surface area contributed by atoms with Crippen LogP contribution in [0, 0.1) is 5.92 Å². The Morgan fingerprint density at radius 3 is 2.24 bits per heavy atom. The number of ketones is 1. The van der Waals surface area contributed by atoms with Crippen LogP contribution in [0.4, 0.5) is 0 Å². The maximum absolute atomic E-state index is 12.5. The Hall–Kier alpha value is -3.15. The molecule has 152 valence electrons. The number of amides is 2. The number of likely N-dealkylation sites (tertiary alicyclic amines) is 1. The summed E-state index contributed by atoms with van der Waals surface area (Å²) < 4.78 is 5.36. The molecule has 0 unspecified atom stereocenters. The Balaban J connectivity index is 1.45. The predicted molar refractivity (Wildman–Crippen MR) is 110 cm³/mol. The van der Waals surface area contributed by atoms with E-state index in [2.05, 4.69) is 5.32 Å². The maximum Gasteiger partial charge on any atom is 0.251 e. The van der Waals surface area contributed by atoms with Gasteiger partial charge in [0.2, 0.25) is 5.91 Å². The number of ether oxygens (including phenoxy) is 1. The van der Waals surface area contributed by atoms with E-state index in [1.165, 1.54) is 0 Å². The Bertz CT molecular complexity index is 841. The van der Waals surface area contributed by atoms with Gasteiger partial charge < -0.3 is 15.0 Å². The number of nitrogens with zero attached hydrogens (tertiary/aromatic N) is 1. The van der Waals surface area contributed by atoms with Gasteiger partial charge in [0.05, 0.1) is 13.2 Å². The van der Waals surface area contributed by atoms with Gasteiger partial charge >= 0.3 is 0 Å². The lowest BCUT2D eigenvalue weighted by atomic mass is 9.89. The van der Waals surface area contributed by atoms with E-state index in [-0.39, 0.29) is 30.1 Å². The second kappa shape index (κ2) is 9.87. The van der Waals surface area contributed by atoms with E-state index in [1.54, 1.807) is 29.2 Å². The molecular weight excluding hydrogens is 368 g/mol. The first-order valence-electron chi connectivity index (χ1n) is 9.96. The quantitative estimate of drug-likeness (QED) is 0.733. The molecule has 1 aliphatic rings. The molecule has 0 radical (unpaired) electrons. The molecule has 0 bridgehead atoms. The third-order valence-electron chi connectivity index (χ3n) is 5.10. The molecule has 0 spiro atoms. The lowest BCUT2D eigenvalue weighted by Gasteiger charge is -2.31.